The molecule has 1 heterocycles. The Hall–Kier alpha value is -2.18. The lowest BCUT2D eigenvalue weighted by atomic mass is 10.1. The molecule has 6 heteroatoms. The smallest absolute Gasteiger partial charge is 0.243 e. The van der Waals surface area contributed by atoms with Crippen LogP contribution in [0.25, 0.3) is 0 Å². The number of nitrogens with zero attached hydrogens (tertiary/aromatic N) is 2. The first-order chi connectivity index (χ1) is 12.9. The molecular formula is C21H26N2O3S. The molecule has 27 heavy (non-hydrogen) atoms. The van der Waals surface area contributed by atoms with Gasteiger partial charge in [-0.25, -0.2) is 8.42 Å². The van der Waals surface area contributed by atoms with E-state index < -0.39 is 10.0 Å². The highest BCUT2D eigenvalue weighted by Crippen LogP contribution is 2.35. The van der Waals surface area contributed by atoms with Gasteiger partial charge in [0.1, 0.15) is 0 Å². The average Bonchev–Trinajstić information content (AvgIpc) is 3.01. The summed E-state index contributed by atoms with van der Waals surface area (Å²) in [5, 5.41) is 0. The highest BCUT2D eigenvalue weighted by molar-refractivity contribution is 7.89. The molecule has 0 fully saturated rings. The van der Waals surface area contributed by atoms with E-state index >= 15 is 0 Å². The third-order valence-electron chi connectivity index (χ3n) is 5.03. The molecule has 1 unspecified atom stereocenters. The van der Waals surface area contributed by atoms with Gasteiger partial charge in [-0.15, -0.1) is 0 Å². The van der Waals surface area contributed by atoms with Crippen molar-refractivity contribution >= 4 is 21.6 Å². The van der Waals surface area contributed by atoms with Crippen LogP contribution < -0.4 is 4.90 Å². The predicted octanol–water partition coefficient (Wildman–Crippen LogP) is 3.59. The fraction of sp³-hybridized carbons (Fsp3) is 0.381. The Kier molecular flexibility index (Phi) is 5.67. The van der Waals surface area contributed by atoms with Crippen LogP contribution in [0.5, 0.6) is 0 Å². The second kappa shape index (κ2) is 7.82. The molecule has 0 spiro atoms. The number of hydrogen-bond acceptors (Lipinski definition) is 3. The average molecular weight is 387 g/mol. The zero-order valence-electron chi connectivity index (χ0n) is 16.1. The van der Waals surface area contributed by atoms with E-state index in [0.717, 1.165) is 16.8 Å². The van der Waals surface area contributed by atoms with Gasteiger partial charge in [0.15, 0.2) is 0 Å². The van der Waals surface area contributed by atoms with E-state index in [1.165, 1.54) is 4.31 Å². The summed E-state index contributed by atoms with van der Waals surface area (Å²) in [5.74, 6) is 0.0659. The quantitative estimate of drug-likeness (QED) is 0.762. The lowest BCUT2D eigenvalue weighted by molar-refractivity contribution is -0.118. The highest BCUT2D eigenvalue weighted by atomic mass is 32.2. The summed E-state index contributed by atoms with van der Waals surface area (Å²) in [6, 6.07) is 14.8. The summed E-state index contributed by atoms with van der Waals surface area (Å²) in [6.07, 6.45) is 1.11. The Balaban J connectivity index is 1.92. The molecule has 144 valence electrons. The maximum atomic E-state index is 13.2. The summed E-state index contributed by atoms with van der Waals surface area (Å²) in [4.78, 5) is 14.3. The minimum absolute atomic E-state index is 0.0528. The number of carbonyl (C=O) groups is 1. The van der Waals surface area contributed by atoms with Gasteiger partial charge in [-0.3, -0.25) is 4.79 Å². The number of anilines is 1. The number of carbonyl (C=O) groups excluding carboxylic acids is 1. The number of benzene rings is 2. The molecule has 0 bridgehead atoms. The molecule has 0 radical (unpaired) electrons. The molecular weight excluding hydrogens is 360 g/mol. The lowest BCUT2D eigenvalue weighted by Crippen LogP contribution is -2.35. The molecule has 2 aromatic carbocycles. The van der Waals surface area contributed by atoms with E-state index in [2.05, 4.69) is 0 Å². The highest BCUT2D eigenvalue weighted by Gasteiger charge is 2.32. The zero-order chi connectivity index (χ0) is 19.6. The van der Waals surface area contributed by atoms with Gasteiger partial charge in [0.2, 0.25) is 15.9 Å². The second-order valence-corrected chi connectivity index (χ2v) is 8.82. The van der Waals surface area contributed by atoms with Crippen LogP contribution in [-0.2, 0) is 27.8 Å². The van der Waals surface area contributed by atoms with Crippen molar-refractivity contribution in [1.82, 2.24) is 4.31 Å². The molecule has 1 amide bonds. The molecule has 3 rings (SSSR count). The van der Waals surface area contributed by atoms with Crippen molar-refractivity contribution in [1.29, 1.82) is 0 Å². The Morgan fingerprint density at radius 1 is 1.15 bits per heavy atom. The molecule has 1 aliphatic heterocycles. The standard InChI is InChI=1S/C21H26N2O3S/c1-4-21(24)23-16(3)13-18-14-19(11-12-20(18)23)27(25,26)22(5-2)15-17-9-7-6-8-10-17/h6-12,14,16H,4-5,13,15H2,1-3H3. The molecule has 5 nitrogen and oxygen atoms in total. The minimum Gasteiger partial charge on any atom is -0.309 e. The van der Waals surface area contributed by atoms with E-state index in [1.54, 1.807) is 23.1 Å². The number of amides is 1. The van der Waals surface area contributed by atoms with E-state index in [9.17, 15) is 13.2 Å². The first-order valence-corrected chi connectivity index (χ1v) is 10.8. The molecule has 0 saturated heterocycles. The van der Waals surface area contributed by atoms with Gasteiger partial charge in [0.05, 0.1) is 4.90 Å². The second-order valence-electron chi connectivity index (χ2n) is 6.88. The summed E-state index contributed by atoms with van der Waals surface area (Å²) in [6.45, 7) is 6.42. The van der Waals surface area contributed by atoms with E-state index in [0.29, 0.717) is 25.9 Å². The van der Waals surface area contributed by atoms with E-state index in [4.69, 9.17) is 0 Å². The predicted molar refractivity (Wildman–Crippen MR) is 107 cm³/mol. The van der Waals surface area contributed by atoms with Crippen molar-refractivity contribution in [3.63, 3.8) is 0 Å². The van der Waals surface area contributed by atoms with Gasteiger partial charge in [-0.1, -0.05) is 44.2 Å². The van der Waals surface area contributed by atoms with Crippen LogP contribution in [-0.4, -0.2) is 31.2 Å². The van der Waals surface area contributed by atoms with Crippen molar-refractivity contribution in [3.05, 3.63) is 59.7 Å². The Morgan fingerprint density at radius 2 is 1.85 bits per heavy atom. The van der Waals surface area contributed by atoms with Gasteiger partial charge in [-0.05, 0) is 42.7 Å². The normalized spacial score (nSPS) is 16.6. The Bertz CT molecular complexity index is 926. The summed E-state index contributed by atoms with van der Waals surface area (Å²) >= 11 is 0. The van der Waals surface area contributed by atoms with Crippen molar-refractivity contribution in [2.24, 2.45) is 0 Å². The zero-order valence-corrected chi connectivity index (χ0v) is 16.9. The number of fused-ring (bicyclic) bond motifs is 1. The van der Waals surface area contributed by atoms with Gasteiger partial charge in [0, 0.05) is 31.2 Å². The molecule has 0 aromatic heterocycles. The van der Waals surface area contributed by atoms with E-state index in [1.807, 2.05) is 51.1 Å². The summed E-state index contributed by atoms with van der Waals surface area (Å²) in [7, 11) is -3.60. The van der Waals surface area contributed by atoms with Crippen LogP contribution in [0.2, 0.25) is 0 Å². The van der Waals surface area contributed by atoms with Crippen LogP contribution in [0, 0.1) is 0 Å². The van der Waals surface area contributed by atoms with Crippen LogP contribution in [0.15, 0.2) is 53.4 Å². The van der Waals surface area contributed by atoms with Gasteiger partial charge in [-0.2, -0.15) is 4.31 Å². The fourth-order valence-corrected chi connectivity index (χ4v) is 5.11. The van der Waals surface area contributed by atoms with Crippen molar-refractivity contribution in [3.8, 4) is 0 Å². The molecule has 1 aliphatic rings. The third kappa shape index (κ3) is 3.77. The minimum atomic E-state index is -3.60. The Morgan fingerprint density at radius 3 is 2.48 bits per heavy atom. The molecule has 2 aromatic rings. The maximum Gasteiger partial charge on any atom is 0.243 e. The summed E-state index contributed by atoms with van der Waals surface area (Å²) in [5.41, 5.74) is 2.71. The van der Waals surface area contributed by atoms with E-state index in [-0.39, 0.29) is 16.8 Å². The monoisotopic (exact) mass is 386 g/mol. The van der Waals surface area contributed by atoms with Crippen LogP contribution >= 0.6 is 0 Å². The maximum absolute atomic E-state index is 13.2. The largest absolute Gasteiger partial charge is 0.309 e. The van der Waals surface area contributed by atoms with Crippen molar-refractivity contribution in [2.75, 3.05) is 11.4 Å². The molecule has 0 N–H and O–H groups in total. The van der Waals surface area contributed by atoms with Gasteiger partial charge < -0.3 is 4.90 Å². The number of hydrogen-bond donors (Lipinski definition) is 0. The van der Waals surface area contributed by atoms with Gasteiger partial charge >= 0.3 is 0 Å². The number of sulfonamides is 1. The first-order valence-electron chi connectivity index (χ1n) is 9.37. The fourth-order valence-electron chi connectivity index (χ4n) is 3.62. The van der Waals surface area contributed by atoms with Crippen LogP contribution in [0.4, 0.5) is 5.69 Å². The molecule has 0 saturated carbocycles. The molecule has 0 aliphatic carbocycles. The molecule has 1 atom stereocenters. The third-order valence-corrected chi connectivity index (χ3v) is 6.95. The summed E-state index contributed by atoms with van der Waals surface area (Å²) < 4.78 is 27.8. The van der Waals surface area contributed by atoms with Gasteiger partial charge in [0.25, 0.3) is 0 Å². The number of rotatable bonds is 6. The SMILES string of the molecule is CCC(=O)N1c2ccc(S(=O)(=O)N(CC)Cc3ccccc3)cc2CC1C. The first kappa shape index (κ1) is 19.6. The lowest BCUT2D eigenvalue weighted by Gasteiger charge is -2.23. The van der Waals surface area contributed by atoms with Crippen LogP contribution in [0.3, 0.4) is 0 Å². The van der Waals surface area contributed by atoms with Crippen LogP contribution in [0.1, 0.15) is 38.3 Å². The van der Waals surface area contributed by atoms with Crippen molar-refractivity contribution < 1.29 is 13.2 Å². The topological polar surface area (TPSA) is 57.7 Å². The Labute approximate surface area is 161 Å². The van der Waals surface area contributed by atoms with Crippen molar-refractivity contribution in [2.45, 2.75) is 51.1 Å².